The molecule has 1 aliphatic rings. The molecule has 1 saturated heterocycles. The summed E-state index contributed by atoms with van der Waals surface area (Å²) < 4.78 is 33.2. The standard InChI is InChI=1S/C37H38ClN5O3S.C8H17NO2.CH4/c1-3-20-39-37(44)28-10-15-32(16-11-28)47(45,46)43-21-18-31(19-22-43)42-36-33-23-29(12-17-34(33)40-24-41-36)35(26-6-4-25(2)5-7-26)27-8-13-30(38)14-9-27;1-8(2,3)7(10)9-5-6-11-4;/h4-17,23-24,31,35H,3,18-22H2,1-2H3,(H,39,44)(H,40,41,42);5-6H2,1-4H3,(H,9,10);1H4. The second-order valence-corrected chi connectivity index (χ2v) is 17.9. The van der Waals surface area contributed by atoms with Crippen molar-refractivity contribution in [2.75, 3.05) is 45.2 Å². The van der Waals surface area contributed by atoms with E-state index in [0.717, 1.165) is 34.3 Å². The monoisotopic (exact) mass is 842 g/mol. The van der Waals surface area contributed by atoms with Crippen molar-refractivity contribution in [3.05, 3.63) is 130 Å². The molecule has 1 aliphatic heterocycles. The van der Waals surface area contributed by atoms with Gasteiger partial charge in [0.05, 0.1) is 17.0 Å². The second kappa shape index (κ2) is 21.4. The molecule has 1 fully saturated rings. The van der Waals surface area contributed by atoms with Crippen LogP contribution in [-0.4, -0.2) is 80.4 Å². The Morgan fingerprint density at radius 3 is 2.07 bits per heavy atom. The Labute approximate surface area is 355 Å². The number of rotatable bonds is 13. The number of halogens is 1. The highest BCUT2D eigenvalue weighted by Gasteiger charge is 2.30. The lowest BCUT2D eigenvalue weighted by atomic mass is 9.84. The molecule has 316 valence electrons. The van der Waals surface area contributed by atoms with Gasteiger partial charge < -0.3 is 20.7 Å². The minimum atomic E-state index is -3.69. The summed E-state index contributed by atoms with van der Waals surface area (Å²) in [6.45, 7) is 12.2. The molecule has 1 aromatic heterocycles. The maximum absolute atomic E-state index is 13.4. The summed E-state index contributed by atoms with van der Waals surface area (Å²) in [5.41, 5.74) is 5.59. The van der Waals surface area contributed by atoms with Crippen molar-refractivity contribution in [2.24, 2.45) is 5.41 Å². The number of hydrogen-bond donors (Lipinski definition) is 3. The van der Waals surface area contributed by atoms with Gasteiger partial charge in [0.25, 0.3) is 5.91 Å². The fraction of sp³-hybridized carbons (Fsp3) is 0.391. The van der Waals surface area contributed by atoms with E-state index >= 15 is 0 Å². The summed E-state index contributed by atoms with van der Waals surface area (Å²) in [7, 11) is -2.07. The van der Waals surface area contributed by atoms with Gasteiger partial charge in [-0.3, -0.25) is 9.59 Å². The van der Waals surface area contributed by atoms with Crippen LogP contribution < -0.4 is 16.0 Å². The molecule has 1 unspecified atom stereocenters. The van der Waals surface area contributed by atoms with Crippen LogP contribution in [0.15, 0.2) is 102 Å². The molecule has 59 heavy (non-hydrogen) atoms. The number of amides is 2. The van der Waals surface area contributed by atoms with Crippen LogP contribution in [0.3, 0.4) is 0 Å². The Morgan fingerprint density at radius 1 is 0.864 bits per heavy atom. The molecule has 0 radical (unpaired) electrons. The van der Waals surface area contributed by atoms with Crippen molar-refractivity contribution in [1.29, 1.82) is 0 Å². The van der Waals surface area contributed by atoms with E-state index in [9.17, 15) is 18.0 Å². The van der Waals surface area contributed by atoms with Crippen LogP contribution in [0.1, 0.15) is 92.9 Å². The first kappa shape index (κ1) is 46.8. The summed E-state index contributed by atoms with van der Waals surface area (Å²) >= 11 is 6.24. The van der Waals surface area contributed by atoms with E-state index in [4.69, 9.17) is 16.3 Å². The van der Waals surface area contributed by atoms with Crippen LogP contribution in [0, 0.1) is 12.3 Å². The summed E-state index contributed by atoms with van der Waals surface area (Å²) in [5, 5.41) is 10.8. The van der Waals surface area contributed by atoms with Gasteiger partial charge in [-0.1, -0.05) is 94.8 Å². The summed E-state index contributed by atoms with van der Waals surface area (Å²) in [6.07, 6.45) is 3.64. The number of nitrogens with one attached hydrogen (secondary N) is 3. The number of sulfonamides is 1. The number of aryl methyl sites for hydroxylation is 1. The zero-order valence-corrected chi connectivity index (χ0v) is 35.8. The van der Waals surface area contributed by atoms with E-state index < -0.39 is 10.0 Å². The van der Waals surface area contributed by atoms with E-state index in [1.807, 2.05) is 45.9 Å². The average Bonchev–Trinajstić information content (AvgIpc) is 3.22. The first-order valence-corrected chi connectivity index (χ1v) is 21.5. The molecular weight excluding hydrogens is 784 g/mol. The predicted octanol–water partition coefficient (Wildman–Crippen LogP) is 8.61. The van der Waals surface area contributed by atoms with Gasteiger partial charge >= 0.3 is 0 Å². The number of methoxy groups -OCH3 is 1. The lowest BCUT2D eigenvalue weighted by molar-refractivity contribution is -0.128. The highest BCUT2D eigenvalue weighted by atomic mass is 35.5. The number of benzene rings is 4. The zero-order chi connectivity index (χ0) is 41.9. The van der Waals surface area contributed by atoms with E-state index in [-0.39, 0.29) is 41.5 Å². The lowest BCUT2D eigenvalue weighted by Crippen LogP contribution is -2.42. The van der Waals surface area contributed by atoms with Crippen LogP contribution in [0.25, 0.3) is 10.9 Å². The molecule has 2 amide bonds. The van der Waals surface area contributed by atoms with Gasteiger partial charge in [0.15, 0.2) is 0 Å². The molecule has 11 nitrogen and oxygen atoms in total. The molecule has 0 bridgehead atoms. The van der Waals surface area contributed by atoms with Crippen molar-refractivity contribution in [3.63, 3.8) is 0 Å². The third-order valence-corrected chi connectivity index (χ3v) is 12.1. The van der Waals surface area contributed by atoms with Gasteiger partial charge in [0, 0.05) is 66.6 Å². The normalized spacial score (nSPS) is 14.0. The van der Waals surface area contributed by atoms with E-state index in [2.05, 4.69) is 81.4 Å². The molecular formula is C46H59ClN6O5S. The first-order chi connectivity index (χ1) is 27.7. The largest absolute Gasteiger partial charge is 0.383 e. The van der Waals surface area contributed by atoms with Crippen molar-refractivity contribution in [1.82, 2.24) is 24.9 Å². The van der Waals surface area contributed by atoms with E-state index in [0.29, 0.717) is 56.2 Å². The molecule has 5 aromatic rings. The minimum Gasteiger partial charge on any atom is -0.383 e. The maximum Gasteiger partial charge on any atom is 0.251 e. The summed E-state index contributed by atoms with van der Waals surface area (Å²) in [4.78, 5) is 32.8. The number of carbonyl (C=O) groups is 2. The second-order valence-electron chi connectivity index (χ2n) is 15.5. The molecule has 6 rings (SSSR count). The summed E-state index contributed by atoms with van der Waals surface area (Å²) in [6, 6.07) is 29.1. The number of ether oxygens (including phenoxy) is 1. The van der Waals surface area contributed by atoms with Gasteiger partial charge in [0.2, 0.25) is 15.9 Å². The number of aromatic nitrogens is 2. The van der Waals surface area contributed by atoms with Crippen molar-refractivity contribution >= 4 is 50.2 Å². The highest BCUT2D eigenvalue weighted by molar-refractivity contribution is 7.89. The van der Waals surface area contributed by atoms with Crippen molar-refractivity contribution in [3.8, 4) is 0 Å². The average molecular weight is 844 g/mol. The number of fused-ring (bicyclic) bond motifs is 1. The third kappa shape index (κ3) is 12.6. The highest BCUT2D eigenvalue weighted by Crippen LogP contribution is 2.35. The topological polar surface area (TPSA) is 143 Å². The number of anilines is 1. The van der Waals surface area contributed by atoms with Crippen molar-refractivity contribution < 1.29 is 22.7 Å². The minimum absolute atomic E-state index is 0. The number of piperidine rings is 1. The van der Waals surface area contributed by atoms with Crippen LogP contribution in [0.4, 0.5) is 5.82 Å². The Morgan fingerprint density at radius 2 is 1.47 bits per heavy atom. The van der Waals surface area contributed by atoms with Gasteiger partial charge in [-0.25, -0.2) is 18.4 Å². The van der Waals surface area contributed by atoms with Crippen LogP contribution in [-0.2, 0) is 19.6 Å². The Hall–Kier alpha value is -4.88. The number of hydrogen-bond acceptors (Lipinski definition) is 8. The van der Waals surface area contributed by atoms with Crippen LogP contribution in [0.2, 0.25) is 5.02 Å². The van der Waals surface area contributed by atoms with Gasteiger partial charge in [-0.05, 0) is 91.4 Å². The lowest BCUT2D eigenvalue weighted by Gasteiger charge is -2.32. The zero-order valence-electron chi connectivity index (χ0n) is 34.2. The third-order valence-electron chi connectivity index (χ3n) is 9.96. The van der Waals surface area contributed by atoms with Gasteiger partial charge in [0.1, 0.15) is 12.1 Å². The van der Waals surface area contributed by atoms with Gasteiger partial charge in [-0.2, -0.15) is 4.31 Å². The molecule has 0 spiro atoms. The molecule has 3 N–H and O–H groups in total. The Bertz CT molecular complexity index is 2190. The van der Waals surface area contributed by atoms with E-state index in [1.54, 1.807) is 25.6 Å². The molecule has 1 atom stereocenters. The van der Waals surface area contributed by atoms with Gasteiger partial charge in [-0.15, -0.1) is 0 Å². The molecule has 13 heteroatoms. The van der Waals surface area contributed by atoms with E-state index in [1.165, 1.54) is 27.6 Å². The quantitative estimate of drug-likeness (QED) is 0.0791. The predicted molar refractivity (Wildman–Crippen MR) is 239 cm³/mol. The Balaban J connectivity index is 0.000000563. The molecule has 0 saturated carbocycles. The first-order valence-electron chi connectivity index (χ1n) is 19.7. The summed E-state index contributed by atoms with van der Waals surface area (Å²) in [5.74, 6) is 0.574. The van der Waals surface area contributed by atoms with Crippen molar-refractivity contribution in [2.45, 2.75) is 78.2 Å². The smallest absolute Gasteiger partial charge is 0.251 e. The number of nitrogens with zero attached hydrogens (tertiary/aromatic N) is 3. The van der Waals surface area contributed by atoms with Crippen LogP contribution >= 0.6 is 11.6 Å². The number of carbonyl (C=O) groups excluding carboxylic acids is 2. The fourth-order valence-corrected chi connectivity index (χ4v) is 8.19. The van der Waals surface area contributed by atoms with Crippen LogP contribution in [0.5, 0.6) is 0 Å². The molecule has 4 aromatic carbocycles. The fourth-order valence-electron chi connectivity index (χ4n) is 6.59. The molecule has 0 aliphatic carbocycles. The maximum atomic E-state index is 13.4. The molecule has 2 heterocycles. The SMILES string of the molecule is C.CCCNC(=O)c1ccc(S(=O)(=O)N2CCC(Nc3ncnc4ccc(C(c5ccc(C)cc5)c5ccc(Cl)cc5)cc34)CC2)cc1.COCCNC(=O)C(C)(C)C. The Kier molecular flexibility index (Phi) is 17.0.